The maximum Gasteiger partial charge on any atom is 0.217 e. The normalized spacial score (nSPS) is 46.9. The topological polar surface area (TPSA) is 301 Å². The fourth-order valence-electron chi connectivity index (χ4n) is 4.70. The molecule has 3 saturated heterocycles. The SMILES string of the molecule is CC(=O)N[C@@H]1[C@@H](O[C@@H]2O[C@@H](C)[C@@H](O)[C@@H](O[C@H]3O[C@H](CO)[C@H](O)[C@H](O)[C@H]3O)[C@@H]2N=C(N)N)[C@H](O)[C@@H](CO)O[C@H]1O. The Morgan fingerprint density at radius 1 is 0.821 bits per heavy atom. The lowest BCUT2D eigenvalue weighted by molar-refractivity contribution is -0.351. The van der Waals surface area contributed by atoms with Gasteiger partial charge in [-0.1, -0.05) is 0 Å². The second-order valence-electron chi connectivity index (χ2n) is 9.61. The van der Waals surface area contributed by atoms with E-state index in [-0.39, 0.29) is 0 Å². The Balaban J connectivity index is 1.93. The zero-order chi connectivity index (χ0) is 29.2. The Morgan fingerprint density at radius 2 is 1.41 bits per heavy atom. The van der Waals surface area contributed by atoms with Crippen LogP contribution in [0.25, 0.3) is 0 Å². The lowest BCUT2D eigenvalue weighted by atomic mass is 9.94. The van der Waals surface area contributed by atoms with E-state index in [1.807, 2.05) is 0 Å². The van der Waals surface area contributed by atoms with Gasteiger partial charge in [-0.25, -0.2) is 4.99 Å². The van der Waals surface area contributed by atoms with Crippen molar-refractivity contribution in [3.05, 3.63) is 0 Å². The van der Waals surface area contributed by atoms with Gasteiger partial charge < -0.3 is 81.3 Å². The number of aliphatic imine (C=N–C) groups is 1. The van der Waals surface area contributed by atoms with Crippen molar-refractivity contribution >= 4 is 11.9 Å². The number of carbonyl (C=O) groups is 1. The van der Waals surface area contributed by atoms with Crippen LogP contribution in [0.15, 0.2) is 4.99 Å². The van der Waals surface area contributed by atoms with Crippen LogP contribution < -0.4 is 16.8 Å². The predicted molar refractivity (Wildman–Crippen MR) is 125 cm³/mol. The molecule has 0 aromatic heterocycles. The van der Waals surface area contributed by atoms with Crippen LogP contribution in [0.1, 0.15) is 13.8 Å². The zero-order valence-corrected chi connectivity index (χ0v) is 21.2. The van der Waals surface area contributed by atoms with E-state index in [2.05, 4.69) is 10.3 Å². The molecule has 0 spiro atoms. The Labute approximate surface area is 222 Å². The number of rotatable bonds is 8. The fraction of sp³-hybridized carbons (Fsp3) is 0.905. The third-order valence-corrected chi connectivity index (χ3v) is 6.75. The lowest BCUT2D eigenvalue weighted by Crippen LogP contribution is -2.68. The average Bonchev–Trinajstić information content (AvgIpc) is 2.87. The van der Waals surface area contributed by atoms with Crippen LogP contribution >= 0.6 is 0 Å². The molecule has 3 aliphatic heterocycles. The molecule has 18 heteroatoms. The van der Waals surface area contributed by atoms with E-state index in [1.165, 1.54) is 6.92 Å². The van der Waals surface area contributed by atoms with Crippen molar-refractivity contribution in [2.24, 2.45) is 16.5 Å². The summed E-state index contributed by atoms with van der Waals surface area (Å²) in [7, 11) is 0. The summed E-state index contributed by atoms with van der Waals surface area (Å²) < 4.78 is 28.0. The molecule has 13 N–H and O–H groups in total. The molecule has 0 bridgehead atoms. The number of amides is 1. The molecule has 3 rings (SSSR count). The van der Waals surface area contributed by atoms with Crippen molar-refractivity contribution in [1.82, 2.24) is 5.32 Å². The molecule has 0 unspecified atom stereocenters. The van der Waals surface area contributed by atoms with Gasteiger partial charge in [-0.2, -0.15) is 0 Å². The summed E-state index contributed by atoms with van der Waals surface area (Å²) in [5, 5.41) is 84.2. The summed E-state index contributed by atoms with van der Waals surface area (Å²) in [6, 6.07) is -2.79. The van der Waals surface area contributed by atoms with Crippen LogP contribution in [0, 0.1) is 0 Å². The number of nitrogens with zero attached hydrogens (tertiary/aromatic N) is 1. The van der Waals surface area contributed by atoms with Gasteiger partial charge in [0.1, 0.15) is 67.0 Å². The van der Waals surface area contributed by atoms with Gasteiger partial charge in [-0.15, -0.1) is 0 Å². The van der Waals surface area contributed by atoms with Gasteiger partial charge in [0.05, 0.1) is 19.3 Å². The quantitative estimate of drug-likeness (QED) is 0.0953. The van der Waals surface area contributed by atoms with Crippen LogP contribution in [0.2, 0.25) is 0 Å². The highest BCUT2D eigenvalue weighted by Gasteiger charge is 2.53. The minimum atomic E-state index is -1.82. The summed E-state index contributed by atoms with van der Waals surface area (Å²) in [5.41, 5.74) is 11.2. The molecule has 0 aromatic rings. The van der Waals surface area contributed by atoms with Gasteiger partial charge in [0.25, 0.3) is 0 Å². The van der Waals surface area contributed by atoms with Crippen LogP contribution in [-0.4, -0.2) is 158 Å². The summed E-state index contributed by atoms with van der Waals surface area (Å²) in [5.74, 6) is -1.12. The Morgan fingerprint density at radius 3 is 1.97 bits per heavy atom. The standard InChI is InChI=1S/C21H38N4O14/c1-5-11(29)17(39-20-15(33)14(32)12(30)7(3-26)37-20)10(25-21(22)23)19(35-5)38-16-9(24-6(2)28)18(34)36-8(4-27)13(16)31/h5,7-20,26-27,29-34H,3-4H2,1-2H3,(H,24,28)(H4,22,23,25)/t5-,7+,8+,9+,10-,11+,12-,13+,14-,15+,16+,17-,18+,19-,20+/m0/s1. The first-order valence-corrected chi connectivity index (χ1v) is 12.2. The van der Waals surface area contributed by atoms with Gasteiger partial charge in [0.15, 0.2) is 24.8 Å². The molecule has 226 valence electrons. The fourth-order valence-corrected chi connectivity index (χ4v) is 4.70. The lowest BCUT2D eigenvalue weighted by Gasteiger charge is -2.48. The van der Waals surface area contributed by atoms with Crippen molar-refractivity contribution in [2.75, 3.05) is 13.2 Å². The smallest absolute Gasteiger partial charge is 0.217 e. The predicted octanol–water partition coefficient (Wildman–Crippen LogP) is -7.12. The van der Waals surface area contributed by atoms with Gasteiger partial charge in [0.2, 0.25) is 5.91 Å². The number of nitrogens with two attached hydrogens (primary N) is 2. The highest BCUT2D eigenvalue weighted by molar-refractivity contribution is 5.76. The molecule has 39 heavy (non-hydrogen) atoms. The number of hydrogen-bond donors (Lipinski definition) is 11. The molecule has 3 fully saturated rings. The molecule has 18 nitrogen and oxygen atoms in total. The summed E-state index contributed by atoms with van der Waals surface area (Å²) in [4.78, 5) is 15.8. The summed E-state index contributed by atoms with van der Waals surface area (Å²) in [6.45, 7) is 1.12. The van der Waals surface area contributed by atoms with Crippen LogP contribution in [0.5, 0.6) is 0 Å². The van der Waals surface area contributed by atoms with E-state index in [0.717, 1.165) is 6.92 Å². The van der Waals surface area contributed by atoms with Crippen molar-refractivity contribution in [2.45, 2.75) is 106 Å². The van der Waals surface area contributed by atoms with Crippen LogP contribution in [-0.2, 0) is 28.5 Å². The molecule has 1 amide bonds. The minimum Gasteiger partial charge on any atom is -0.394 e. The number of aliphatic hydroxyl groups excluding tert-OH is 8. The van der Waals surface area contributed by atoms with E-state index >= 15 is 0 Å². The molecule has 3 heterocycles. The highest BCUT2D eigenvalue weighted by atomic mass is 16.7. The number of carbonyl (C=O) groups excluding carboxylic acids is 1. The highest BCUT2D eigenvalue weighted by Crippen LogP contribution is 2.33. The monoisotopic (exact) mass is 570 g/mol. The largest absolute Gasteiger partial charge is 0.394 e. The van der Waals surface area contributed by atoms with Gasteiger partial charge in [0, 0.05) is 6.92 Å². The molecular formula is C21H38N4O14. The van der Waals surface area contributed by atoms with E-state index < -0.39 is 117 Å². The van der Waals surface area contributed by atoms with Crippen molar-refractivity contribution in [3.63, 3.8) is 0 Å². The second kappa shape index (κ2) is 13.3. The maximum absolute atomic E-state index is 11.8. The van der Waals surface area contributed by atoms with E-state index in [9.17, 15) is 45.6 Å². The first kappa shape index (κ1) is 31.7. The van der Waals surface area contributed by atoms with Crippen LogP contribution in [0.4, 0.5) is 0 Å². The third kappa shape index (κ3) is 6.93. The summed E-state index contributed by atoms with van der Waals surface area (Å²) >= 11 is 0. The Kier molecular flexibility index (Phi) is 10.8. The Bertz CT molecular complexity index is 849. The maximum atomic E-state index is 11.8. The number of nitrogens with one attached hydrogen (secondary N) is 1. The first-order valence-electron chi connectivity index (χ1n) is 12.2. The molecule has 0 aliphatic carbocycles. The van der Waals surface area contributed by atoms with Crippen molar-refractivity contribution < 1.29 is 69.3 Å². The number of guanidine groups is 1. The molecule has 3 aliphatic rings. The van der Waals surface area contributed by atoms with Gasteiger partial charge in [-0.3, -0.25) is 4.79 Å². The van der Waals surface area contributed by atoms with Gasteiger partial charge in [-0.05, 0) is 6.92 Å². The molecule has 15 atom stereocenters. The Hall–Kier alpha value is -1.78. The number of aliphatic hydroxyl groups is 8. The zero-order valence-electron chi connectivity index (χ0n) is 21.2. The third-order valence-electron chi connectivity index (χ3n) is 6.75. The molecule has 0 saturated carbocycles. The van der Waals surface area contributed by atoms with E-state index in [0.29, 0.717) is 0 Å². The summed E-state index contributed by atoms with van der Waals surface area (Å²) in [6.07, 6.45) is -20.0. The number of ether oxygens (including phenoxy) is 5. The van der Waals surface area contributed by atoms with E-state index in [4.69, 9.17) is 35.2 Å². The van der Waals surface area contributed by atoms with Gasteiger partial charge >= 0.3 is 0 Å². The van der Waals surface area contributed by atoms with Crippen molar-refractivity contribution in [1.29, 1.82) is 0 Å². The minimum absolute atomic E-state index is 0.513. The van der Waals surface area contributed by atoms with Crippen molar-refractivity contribution in [3.8, 4) is 0 Å². The molecular weight excluding hydrogens is 532 g/mol. The second-order valence-corrected chi connectivity index (χ2v) is 9.61. The molecule has 0 aromatic carbocycles. The number of hydrogen-bond acceptors (Lipinski definition) is 15. The first-order chi connectivity index (χ1) is 18.3. The molecule has 0 radical (unpaired) electrons. The average molecular weight is 571 g/mol. The van der Waals surface area contributed by atoms with Crippen LogP contribution in [0.3, 0.4) is 0 Å². The van der Waals surface area contributed by atoms with E-state index in [1.54, 1.807) is 0 Å².